The van der Waals surface area contributed by atoms with Gasteiger partial charge in [-0.1, -0.05) is 0 Å². The number of non-ortho nitro benzene ring substituents is 1. The van der Waals surface area contributed by atoms with Crippen molar-refractivity contribution < 1.29 is 23.2 Å². The van der Waals surface area contributed by atoms with Gasteiger partial charge in [0.25, 0.3) is 5.69 Å². The van der Waals surface area contributed by atoms with Crippen LogP contribution in [0.25, 0.3) is 0 Å². The molecular weight excluding hydrogens is 278 g/mol. The number of sulfonamides is 1. The molecule has 1 aromatic carbocycles. The Bertz CT molecular complexity index is 676. The highest BCUT2D eigenvalue weighted by Gasteiger charge is 2.18. The third-order valence-corrected chi connectivity index (χ3v) is 3.07. The highest BCUT2D eigenvalue weighted by Crippen LogP contribution is 2.22. The van der Waals surface area contributed by atoms with Crippen LogP contribution in [0.15, 0.2) is 18.2 Å². The zero-order valence-corrected chi connectivity index (χ0v) is 10.0. The van der Waals surface area contributed by atoms with Crippen LogP contribution in [0.5, 0.6) is 0 Å². The van der Waals surface area contributed by atoms with Crippen LogP contribution in [-0.2, 0) is 14.8 Å². The van der Waals surface area contributed by atoms with Crippen molar-refractivity contribution in [2.75, 3.05) is 10.5 Å². The maximum Gasteiger partial charge on any atom is 0.320 e. The molecule has 9 nitrogen and oxygen atoms in total. The third kappa shape index (κ3) is 3.93. The molecule has 0 aromatic heterocycles. The van der Waals surface area contributed by atoms with E-state index in [9.17, 15) is 23.3 Å². The molecule has 1 aromatic rings. The number of nitrogens with zero attached hydrogens (tertiary/aromatic N) is 2. The summed E-state index contributed by atoms with van der Waals surface area (Å²) in [5.74, 6) is -2.73. The molecule has 0 spiro atoms. The van der Waals surface area contributed by atoms with Crippen LogP contribution >= 0.6 is 0 Å². The first-order chi connectivity index (χ1) is 8.75. The zero-order valence-electron chi connectivity index (χ0n) is 9.23. The number of nitro benzene ring substituents is 1. The number of aliphatic carboxylic acids is 1. The Morgan fingerprint density at radius 3 is 2.63 bits per heavy atom. The normalized spacial score (nSPS) is 10.5. The van der Waals surface area contributed by atoms with Crippen molar-refractivity contribution in [1.82, 2.24) is 0 Å². The van der Waals surface area contributed by atoms with E-state index >= 15 is 0 Å². The van der Waals surface area contributed by atoms with Crippen LogP contribution in [0.1, 0.15) is 5.56 Å². The van der Waals surface area contributed by atoms with Crippen LogP contribution in [-0.4, -0.2) is 30.2 Å². The van der Waals surface area contributed by atoms with Gasteiger partial charge in [-0.15, -0.1) is 0 Å². The van der Waals surface area contributed by atoms with Gasteiger partial charge in [0.05, 0.1) is 16.2 Å². The van der Waals surface area contributed by atoms with Gasteiger partial charge in [0.15, 0.2) is 5.75 Å². The van der Waals surface area contributed by atoms with Crippen molar-refractivity contribution in [3.8, 4) is 6.07 Å². The lowest BCUT2D eigenvalue weighted by Crippen LogP contribution is -2.22. The van der Waals surface area contributed by atoms with E-state index in [2.05, 4.69) is 0 Å². The van der Waals surface area contributed by atoms with Crippen molar-refractivity contribution in [2.45, 2.75) is 0 Å². The minimum atomic E-state index is -4.17. The molecular formula is C9H7N3O6S. The first-order valence-corrected chi connectivity index (χ1v) is 6.31. The average Bonchev–Trinajstić information content (AvgIpc) is 2.26. The van der Waals surface area contributed by atoms with Crippen molar-refractivity contribution >= 4 is 27.4 Å². The molecule has 0 radical (unpaired) electrons. The number of hydrogen-bond acceptors (Lipinski definition) is 6. The van der Waals surface area contributed by atoms with E-state index in [1.54, 1.807) is 6.07 Å². The topological polar surface area (TPSA) is 150 Å². The van der Waals surface area contributed by atoms with E-state index in [1.807, 2.05) is 4.72 Å². The molecule has 0 bridgehead atoms. The number of hydrogen-bond donors (Lipinski definition) is 2. The second-order valence-corrected chi connectivity index (χ2v) is 5.08. The second-order valence-electron chi connectivity index (χ2n) is 3.35. The van der Waals surface area contributed by atoms with Gasteiger partial charge >= 0.3 is 5.97 Å². The first-order valence-electron chi connectivity index (χ1n) is 4.66. The molecule has 0 unspecified atom stereocenters. The predicted octanol–water partition coefficient (Wildman–Crippen LogP) is 0.293. The lowest BCUT2D eigenvalue weighted by Gasteiger charge is -2.07. The van der Waals surface area contributed by atoms with E-state index < -0.39 is 26.7 Å². The van der Waals surface area contributed by atoms with E-state index in [4.69, 9.17) is 10.4 Å². The van der Waals surface area contributed by atoms with Crippen LogP contribution in [0.2, 0.25) is 0 Å². The Morgan fingerprint density at radius 2 is 2.16 bits per heavy atom. The molecule has 0 saturated heterocycles. The standard InChI is InChI=1S/C9H7N3O6S/c10-4-6-3-7(12(15)16)1-2-8(6)11-19(17,18)5-9(13)14/h1-3,11H,5H2,(H,13,14). The molecule has 1 rings (SSSR count). The van der Waals surface area contributed by atoms with Gasteiger partial charge in [0.1, 0.15) is 6.07 Å². The Kier molecular flexibility index (Phi) is 4.03. The number of carboxylic acids is 1. The number of anilines is 1. The van der Waals surface area contributed by atoms with Gasteiger partial charge in [-0.25, -0.2) is 8.42 Å². The molecule has 0 aliphatic rings. The van der Waals surface area contributed by atoms with Gasteiger partial charge in [0.2, 0.25) is 10.0 Å². The summed E-state index contributed by atoms with van der Waals surface area (Å²) in [5.41, 5.74) is -0.866. The molecule has 10 heteroatoms. The predicted molar refractivity (Wildman–Crippen MR) is 62.9 cm³/mol. The molecule has 0 atom stereocenters. The van der Waals surface area contributed by atoms with Crippen molar-refractivity contribution in [2.24, 2.45) is 0 Å². The summed E-state index contributed by atoms with van der Waals surface area (Å²) in [4.78, 5) is 20.1. The van der Waals surface area contributed by atoms with E-state index in [0.29, 0.717) is 0 Å². The summed E-state index contributed by atoms with van der Waals surface area (Å²) in [6.45, 7) is 0. The van der Waals surface area contributed by atoms with E-state index in [1.165, 1.54) is 0 Å². The smallest absolute Gasteiger partial charge is 0.320 e. The molecule has 0 amide bonds. The Labute approximate surface area is 107 Å². The fraction of sp³-hybridized carbons (Fsp3) is 0.111. The summed E-state index contributed by atoms with van der Waals surface area (Å²) in [5, 5.41) is 27.7. The summed E-state index contributed by atoms with van der Waals surface area (Å²) >= 11 is 0. The summed E-state index contributed by atoms with van der Waals surface area (Å²) in [7, 11) is -4.17. The molecule has 0 aliphatic heterocycles. The summed E-state index contributed by atoms with van der Waals surface area (Å²) in [6.07, 6.45) is 0. The summed E-state index contributed by atoms with van der Waals surface area (Å²) < 4.78 is 24.6. The summed E-state index contributed by atoms with van der Waals surface area (Å²) in [6, 6.07) is 4.50. The monoisotopic (exact) mass is 285 g/mol. The Morgan fingerprint density at radius 1 is 1.53 bits per heavy atom. The minimum absolute atomic E-state index is 0.214. The number of benzene rings is 1. The highest BCUT2D eigenvalue weighted by molar-refractivity contribution is 7.93. The SMILES string of the molecule is N#Cc1cc([N+](=O)[O-])ccc1NS(=O)(=O)CC(=O)O. The molecule has 0 heterocycles. The van der Waals surface area contributed by atoms with Gasteiger partial charge in [-0.2, -0.15) is 5.26 Å². The molecule has 19 heavy (non-hydrogen) atoms. The van der Waals surface area contributed by atoms with Crippen LogP contribution in [0.4, 0.5) is 11.4 Å². The van der Waals surface area contributed by atoms with Gasteiger partial charge in [-0.05, 0) is 6.07 Å². The number of nitriles is 1. The molecule has 0 fully saturated rings. The quantitative estimate of drug-likeness (QED) is 0.582. The fourth-order valence-electron chi connectivity index (χ4n) is 1.19. The van der Waals surface area contributed by atoms with Crippen LogP contribution < -0.4 is 4.72 Å². The molecule has 0 saturated carbocycles. The van der Waals surface area contributed by atoms with Crippen molar-refractivity contribution in [3.63, 3.8) is 0 Å². The zero-order chi connectivity index (χ0) is 14.6. The maximum atomic E-state index is 11.4. The number of rotatable bonds is 5. The maximum absolute atomic E-state index is 11.4. The Hall–Kier alpha value is -2.67. The lowest BCUT2D eigenvalue weighted by molar-refractivity contribution is -0.384. The van der Waals surface area contributed by atoms with Gasteiger partial charge in [0, 0.05) is 12.1 Å². The highest BCUT2D eigenvalue weighted by atomic mass is 32.2. The second kappa shape index (κ2) is 5.32. The minimum Gasteiger partial charge on any atom is -0.480 e. The lowest BCUT2D eigenvalue weighted by atomic mass is 10.2. The van der Waals surface area contributed by atoms with Gasteiger partial charge in [-0.3, -0.25) is 19.6 Å². The van der Waals surface area contributed by atoms with Crippen molar-refractivity contribution in [1.29, 1.82) is 5.26 Å². The fourth-order valence-corrected chi connectivity index (χ4v) is 2.10. The van der Waals surface area contributed by atoms with Gasteiger partial charge < -0.3 is 5.11 Å². The first kappa shape index (κ1) is 14.4. The number of carbonyl (C=O) groups is 1. The molecule has 100 valence electrons. The van der Waals surface area contributed by atoms with Crippen LogP contribution in [0, 0.1) is 21.4 Å². The molecule has 2 N–H and O–H groups in total. The number of carboxylic acid groups (broad SMARTS) is 1. The Balaban J connectivity index is 3.13. The van der Waals surface area contributed by atoms with E-state index in [-0.39, 0.29) is 16.9 Å². The van der Waals surface area contributed by atoms with Crippen LogP contribution in [0.3, 0.4) is 0 Å². The largest absolute Gasteiger partial charge is 0.480 e. The number of nitrogens with one attached hydrogen (secondary N) is 1. The van der Waals surface area contributed by atoms with E-state index in [0.717, 1.165) is 18.2 Å². The molecule has 0 aliphatic carbocycles. The number of nitro groups is 1. The third-order valence-electron chi connectivity index (χ3n) is 1.91. The van der Waals surface area contributed by atoms with Crippen molar-refractivity contribution in [3.05, 3.63) is 33.9 Å². The average molecular weight is 285 g/mol.